The number of aromatic nitrogens is 4. The molecule has 0 aromatic carbocycles. The third-order valence-electron chi connectivity index (χ3n) is 3.73. The lowest BCUT2D eigenvalue weighted by molar-refractivity contribution is 0.276. The van der Waals surface area contributed by atoms with Gasteiger partial charge in [0.15, 0.2) is 5.82 Å². The van der Waals surface area contributed by atoms with Crippen LogP contribution in [-0.4, -0.2) is 45.1 Å². The lowest BCUT2D eigenvalue weighted by atomic mass is 10.0. The first-order chi connectivity index (χ1) is 9.94. The largest absolute Gasteiger partial charge is 0.337 e. The van der Waals surface area contributed by atoms with E-state index in [-0.39, 0.29) is 0 Å². The average molecular weight is 288 g/mol. The van der Waals surface area contributed by atoms with Crippen molar-refractivity contribution in [2.24, 2.45) is 5.73 Å². The molecule has 21 heavy (non-hydrogen) atoms. The fraction of sp³-hybridized carbons (Fsp3) is 0.571. The number of nitrogens with zero attached hydrogens (tertiary/aromatic N) is 5. The van der Waals surface area contributed by atoms with Gasteiger partial charge < -0.3 is 15.2 Å². The van der Waals surface area contributed by atoms with Crippen LogP contribution in [-0.2, 0) is 12.0 Å². The summed E-state index contributed by atoms with van der Waals surface area (Å²) < 4.78 is 5.36. The molecule has 112 valence electrons. The van der Waals surface area contributed by atoms with Gasteiger partial charge in [-0.2, -0.15) is 4.98 Å². The van der Waals surface area contributed by atoms with Gasteiger partial charge in [-0.25, -0.2) is 9.97 Å². The zero-order valence-corrected chi connectivity index (χ0v) is 12.6. The van der Waals surface area contributed by atoms with Crippen molar-refractivity contribution in [1.29, 1.82) is 0 Å². The fourth-order valence-electron chi connectivity index (χ4n) is 2.75. The molecule has 2 aromatic heterocycles. The minimum atomic E-state index is -0.538. The molecular formula is C14H20N6O. The molecule has 0 aliphatic carbocycles. The Balaban J connectivity index is 1.79. The summed E-state index contributed by atoms with van der Waals surface area (Å²) in [4.78, 5) is 15.4. The highest BCUT2D eigenvalue weighted by Gasteiger charge is 2.39. The Morgan fingerprint density at radius 3 is 2.57 bits per heavy atom. The lowest BCUT2D eigenvalue weighted by Crippen LogP contribution is -2.39. The van der Waals surface area contributed by atoms with E-state index in [9.17, 15) is 0 Å². The van der Waals surface area contributed by atoms with Gasteiger partial charge in [0.1, 0.15) is 11.4 Å². The maximum absolute atomic E-state index is 6.36. The van der Waals surface area contributed by atoms with Crippen molar-refractivity contribution in [2.45, 2.75) is 32.2 Å². The van der Waals surface area contributed by atoms with Crippen LogP contribution < -0.4 is 5.73 Å². The predicted molar refractivity (Wildman–Crippen MR) is 76.6 cm³/mol. The van der Waals surface area contributed by atoms with E-state index in [2.05, 4.69) is 25.0 Å². The zero-order chi connectivity index (χ0) is 15.0. The maximum Gasteiger partial charge on any atom is 0.248 e. The summed E-state index contributed by atoms with van der Waals surface area (Å²) in [6.45, 7) is 5.56. The SMILES string of the molecule is Cc1cc(C)nc(Cc2noc(C3(N)CCN(C)C3)n2)n1. The summed E-state index contributed by atoms with van der Waals surface area (Å²) >= 11 is 0. The molecule has 0 bridgehead atoms. The molecule has 1 atom stereocenters. The van der Waals surface area contributed by atoms with Crippen LogP contribution in [0.5, 0.6) is 0 Å². The van der Waals surface area contributed by atoms with Crippen molar-refractivity contribution >= 4 is 0 Å². The van der Waals surface area contributed by atoms with Crippen LogP contribution in [0.25, 0.3) is 0 Å². The van der Waals surface area contributed by atoms with Crippen molar-refractivity contribution in [3.8, 4) is 0 Å². The molecule has 1 aliphatic heterocycles. The quantitative estimate of drug-likeness (QED) is 0.881. The topological polar surface area (TPSA) is 94.0 Å². The first-order valence-electron chi connectivity index (χ1n) is 7.06. The van der Waals surface area contributed by atoms with Crippen molar-refractivity contribution < 1.29 is 4.52 Å². The number of rotatable bonds is 3. The van der Waals surface area contributed by atoms with Gasteiger partial charge in [-0.15, -0.1) is 0 Å². The third kappa shape index (κ3) is 2.93. The average Bonchev–Trinajstić information content (AvgIpc) is 2.96. The molecule has 7 heteroatoms. The molecule has 2 N–H and O–H groups in total. The number of hydrogen-bond donors (Lipinski definition) is 1. The molecule has 1 saturated heterocycles. The number of likely N-dealkylation sites (tertiary alicyclic amines) is 1. The van der Waals surface area contributed by atoms with E-state index < -0.39 is 5.54 Å². The Labute approximate surface area is 123 Å². The van der Waals surface area contributed by atoms with E-state index in [1.165, 1.54) is 0 Å². The van der Waals surface area contributed by atoms with E-state index in [0.29, 0.717) is 24.0 Å². The highest BCUT2D eigenvalue weighted by molar-refractivity contribution is 5.12. The molecule has 0 spiro atoms. The molecule has 1 unspecified atom stereocenters. The van der Waals surface area contributed by atoms with Gasteiger partial charge in [-0.05, 0) is 33.4 Å². The first kappa shape index (κ1) is 14.1. The van der Waals surface area contributed by atoms with E-state index >= 15 is 0 Å². The molecule has 3 heterocycles. The normalized spacial score (nSPS) is 22.9. The van der Waals surface area contributed by atoms with Gasteiger partial charge in [0.2, 0.25) is 5.89 Å². The van der Waals surface area contributed by atoms with E-state index in [0.717, 1.165) is 30.9 Å². The first-order valence-corrected chi connectivity index (χ1v) is 7.06. The second-order valence-electron chi connectivity index (χ2n) is 5.90. The third-order valence-corrected chi connectivity index (χ3v) is 3.73. The van der Waals surface area contributed by atoms with Crippen molar-refractivity contribution in [3.63, 3.8) is 0 Å². The minimum absolute atomic E-state index is 0.456. The number of likely N-dealkylation sites (N-methyl/N-ethyl adjacent to an activating group) is 1. The molecule has 1 fully saturated rings. The Hall–Kier alpha value is -1.86. The smallest absolute Gasteiger partial charge is 0.248 e. The van der Waals surface area contributed by atoms with Crippen LogP contribution in [0.1, 0.15) is 35.3 Å². The van der Waals surface area contributed by atoms with Gasteiger partial charge in [0.05, 0.1) is 6.42 Å². The minimum Gasteiger partial charge on any atom is -0.337 e. The van der Waals surface area contributed by atoms with E-state index in [4.69, 9.17) is 10.3 Å². The molecule has 2 aromatic rings. The second kappa shape index (κ2) is 5.16. The summed E-state index contributed by atoms with van der Waals surface area (Å²) in [5.74, 6) is 1.79. The van der Waals surface area contributed by atoms with Gasteiger partial charge in [0, 0.05) is 24.5 Å². The van der Waals surface area contributed by atoms with Crippen LogP contribution in [0, 0.1) is 13.8 Å². The lowest BCUT2D eigenvalue weighted by Gasteiger charge is -2.18. The predicted octanol–water partition coefficient (Wildman–Crippen LogP) is 0.557. The van der Waals surface area contributed by atoms with Gasteiger partial charge in [-0.1, -0.05) is 5.16 Å². The maximum atomic E-state index is 6.36. The molecular weight excluding hydrogens is 268 g/mol. The van der Waals surface area contributed by atoms with Crippen LogP contribution >= 0.6 is 0 Å². The van der Waals surface area contributed by atoms with Crippen molar-refractivity contribution in [1.82, 2.24) is 25.0 Å². The van der Waals surface area contributed by atoms with Gasteiger partial charge in [0.25, 0.3) is 0 Å². The Morgan fingerprint density at radius 2 is 1.95 bits per heavy atom. The van der Waals surface area contributed by atoms with Gasteiger partial charge in [-0.3, -0.25) is 0 Å². The summed E-state index contributed by atoms with van der Waals surface area (Å²) in [6, 6.07) is 1.94. The number of nitrogens with two attached hydrogens (primary N) is 1. The highest BCUT2D eigenvalue weighted by atomic mass is 16.5. The second-order valence-corrected chi connectivity index (χ2v) is 5.90. The van der Waals surface area contributed by atoms with Crippen LogP contribution in [0.2, 0.25) is 0 Å². The molecule has 0 radical (unpaired) electrons. The summed E-state index contributed by atoms with van der Waals surface area (Å²) in [6.07, 6.45) is 1.28. The molecule has 1 aliphatic rings. The Kier molecular flexibility index (Phi) is 3.46. The molecule has 3 rings (SSSR count). The number of aryl methyl sites for hydroxylation is 2. The molecule has 7 nitrogen and oxygen atoms in total. The fourth-order valence-corrected chi connectivity index (χ4v) is 2.75. The molecule has 0 amide bonds. The van der Waals surface area contributed by atoms with Crippen LogP contribution in [0.3, 0.4) is 0 Å². The Morgan fingerprint density at radius 1 is 1.24 bits per heavy atom. The van der Waals surface area contributed by atoms with Crippen molar-refractivity contribution in [2.75, 3.05) is 20.1 Å². The standard InChI is InChI=1S/C14H20N6O/c1-9-6-10(2)17-11(16-9)7-12-18-13(21-19-12)14(15)4-5-20(3)8-14/h6H,4-5,7-8,15H2,1-3H3. The van der Waals surface area contributed by atoms with Gasteiger partial charge >= 0.3 is 0 Å². The summed E-state index contributed by atoms with van der Waals surface area (Å²) in [7, 11) is 2.04. The zero-order valence-electron chi connectivity index (χ0n) is 12.6. The van der Waals surface area contributed by atoms with Crippen LogP contribution in [0.15, 0.2) is 10.6 Å². The molecule has 0 saturated carbocycles. The monoisotopic (exact) mass is 288 g/mol. The Bertz CT molecular complexity index is 634. The van der Waals surface area contributed by atoms with Crippen LogP contribution in [0.4, 0.5) is 0 Å². The van der Waals surface area contributed by atoms with E-state index in [1.54, 1.807) is 0 Å². The van der Waals surface area contributed by atoms with Crippen molar-refractivity contribution in [3.05, 3.63) is 35.0 Å². The summed E-state index contributed by atoms with van der Waals surface area (Å²) in [5, 5.41) is 4.02. The highest BCUT2D eigenvalue weighted by Crippen LogP contribution is 2.27. The van der Waals surface area contributed by atoms with E-state index in [1.807, 2.05) is 27.0 Å². The number of hydrogen-bond acceptors (Lipinski definition) is 7. The summed E-state index contributed by atoms with van der Waals surface area (Å²) in [5.41, 5.74) is 7.70.